The second-order valence-corrected chi connectivity index (χ2v) is 7.13. The molecular formula is C20H25NO5. The van der Waals surface area contributed by atoms with Crippen LogP contribution in [0.3, 0.4) is 0 Å². The van der Waals surface area contributed by atoms with Gasteiger partial charge < -0.3 is 14.2 Å². The van der Waals surface area contributed by atoms with E-state index in [1.54, 1.807) is 33.9 Å². The first-order valence-corrected chi connectivity index (χ1v) is 8.34. The molecule has 0 aliphatic heterocycles. The number of hydrogen-bond donors (Lipinski definition) is 0. The molecule has 0 unspecified atom stereocenters. The van der Waals surface area contributed by atoms with Crippen molar-refractivity contribution in [2.75, 3.05) is 20.6 Å². The third-order valence-corrected chi connectivity index (χ3v) is 3.54. The molecule has 2 rings (SSSR count). The lowest BCUT2D eigenvalue weighted by atomic mass is 10.0. The molecule has 6 heteroatoms. The van der Waals surface area contributed by atoms with Crippen LogP contribution in [0.25, 0.3) is 10.8 Å². The topological polar surface area (TPSA) is 65.1 Å². The van der Waals surface area contributed by atoms with Crippen LogP contribution in [0.5, 0.6) is 5.75 Å². The molecule has 0 atom stereocenters. The van der Waals surface area contributed by atoms with Gasteiger partial charge in [-0.15, -0.1) is 0 Å². The molecule has 26 heavy (non-hydrogen) atoms. The van der Waals surface area contributed by atoms with E-state index in [2.05, 4.69) is 0 Å². The third kappa shape index (κ3) is 5.46. The number of hydrogen-bond acceptors (Lipinski definition) is 5. The average Bonchev–Trinajstić information content (AvgIpc) is 2.56. The highest BCUT2D eigenvalue weighted by molar-refractivity contribution is 5.92. The molecule has 0 saturated heterocycles. The van der Waals surface area contributed by atoms with Crippen LogP contribution in [0.4, 0.5) is 4.79 Å². The third-order valence-electron chi connectivity index (χ3n) is 3.54. The Bertz CT molecular complexity index is 795. The van der Waals surface area contributed by atoms with Gasteiger partial charge in [0.05, 0.1) is 5.56 Å². The van der Waals surface area contributed by atoms with Gasteiger partial charge in [-0.25, -0.2) is 4.79 Å². The van der Waals surface area contributed by atoms with Gasteiger partial charge >= 0.3 is 6.09 Å². The zero-order valence-corrected chi connectivity index (χ0v) is 15.9. The highest BCUT2D eigenvalue weighted by atomic mass is 16.7. The van der Waals surface area contributed by atoms with Crippen LogP contribution in [0.15, 0.2) is 30.3 Å². The van der Waals surface area contributed by atoms with E-state index in [1.807, 2.05) is 31.2 Å². The van der Waals surface area contributed by atoms with Gasteiger partial charge in [0.15, 0.2) is 13.1 Å². The number of aryl methyl sites for hydroxylation is 1. The fraction of sp³-hybridized carbons (Fsp3) is 0.400. The van der Waals surface area contributed by atoms with Gasteiger partial charge in [0.1, 0.15) is 18.1 Å². The molecule has 0 fully saturated rings. The molecule has 0 N–H and O–H groups in total. The number of fused-ring (bicyclic) bond motifs is 1. The van der Waals surface area contributed by atoms with Crippen LogP contribution in [-0.4, -0.2) is 43.5 Å². The molecule has 140 valence electrons. The predicted molar refractivity (Wildman–Crippen MR) is 99.5 cm³/mol. The van der Waals surface area contributed by atoms with Gasteiger partial charge in [-0.1, -0.05) is 23.8 Å². The summed E-state index contributed by atoms with van der Waals surface area (Å²) in [6, 6.07) is 9.58. The summed E-state index contributed by atoms with van der Waals surface area (Å²) in [4.78, 5) is 24.5. The molecule has 0 aromatic heterocycles. The fourth-order valence-electron chi connectivity index (χ4n) is 2.30. The number of benzene rings is 2. The van der Waals surface area contributed by atoms with Gasteiger partial charge in [0, 0.05) is 7.05 Å². The van der Waals surface area contributed by atoms with Crippen molar-refractivity contribution in [3.63, 3.8) is 0 Å². The summed E-state index contributed by atoms with van der Waals surface area (Å²) >= 11 is 0. The standard InChI is InChI=1S/C20H25NO5/c1-14-6-7-15-9-17(11-22)18(10-16(15)8-14)25-13-24-12-21(5)19(23)26-20(2,3)4/h6-11H,12-13H2,1-5H3. The minimum Gasteiger partial charge on any atom is -0.467 e. The maximum atomic E-state index is 11.8. The molecular weight excluding hydrogens is 334 g/mol. The zero-order valence-electron chi connectivity index (χ0n) is 15.9. The quantitative estimate of drug-likeness (QED) is 0.441. The van der Waals surface area contributed by atoms with Crippen LogP contribution in [-0.2, 0) is 9.47 Å². The Morgan fingerprint density at radius 3 is 2.54 bits per heavy atom. The lowest BCUT2D eigenvalue weighted by molar-refractivity contribution is -0.0440. The molecule has 0 heterocycles. The number of aldehydes is 1. The van der Waals surface area contributed by atoms with Crippen molar-refractivity contribution in [2.45, 2.75) is 33.3 Å². The van der Waals surface area contributed by atoms with E-state index >= 15 is 0 Å². The van der Waals surface area contributed by atoms with Crippen LogP contribution in [0.2, 0.25) is 0 Å². The van der Waals surface area contributed by atoms with Crippen molar-refractivity contribution in [3.8, 4) is 5.75 Å². The highest BCUT2D eigenvalue weighted by Gasteiger charge is 2.19. The molecule has 0 saturated carbocycles. The lowest BCUT2D eigenvalue weighted by Gasteiger charge is -2.24. The van der Waals surface area contributed by atoms with E-state index in [0.29, 0.717) is 11.3 Å². The normalized spacial score (nSPS) is 11.3. The lowest BCUT2D eigenvalue weighted by Crippen LogP contribution is -2.35. The summed E-state index contributed by atoms with van der Waals surface area (Å²) in [5.41, 5.74) is 1.01. The van der Waals surface area contributed by atoms with E-state index in [0.717, 1.165) is 22.6 Å². The Hall–Kier alpha value is -2.60. The molecule has 6 nitrogen and oxygen atoms in total. The molecule has 0 spiro atoms. The second kappa shape index (κ2) is 8.19. The maximum Gasteiger partial charge on any atom is 0.411 e. The van der Waals surface area contributed by atoms with E-state index in [-0.39, 0.29) is 13.5 Å². The van der Waals surface area contributed by atoms with E-state index in [1.165, 1.54) is 4.90 Å². The molecule has 0 aliphatic rings. The van der Waals surface area contributed by atoms with E-state index in [4.69, 9.17) is 14.2 Å². The monoisotopic (exact) mass is 359 g/mol. The van der Waals surface area contributed by atoms with E-state index < -0.39 is 11.7 Å². The zero-order chi connectivity index (χ0) is 19.3. The first-order valence-electron chi connectivity index (χ1n) is 8.34. The van der Waals surface area contributed by atoms with E-state index in [9.17, 15) is 9.59 Å². The van der Waals surface area contributed by atoms with Crippen molar-refractivity contribution < 1.29 is 23.8 Å². The predicted octanol–water partition coefficient (Wildman–Crippen LogP) is 4.14. The van der Waals surface area contributed by atoms with Crippen molar-refractivity contribution in [2.24, 2.45) is 0 Å². The van der Waals surface area contributed by atoms with Crippen molar-refractivity contribution >= 4 is 23.2 Å². The first-order chi connectivity index (χ1) is 12.2. The van der Waals surface area contributed by atoms with Gasteiger partial charge in [0.2, 0.25) is 0 Å². The number of carbonyl (C=O) groups excluding carboxylic acids is 2. The Labute approximate surface area is 153 Å². The summed E-state index contributed by atoms with van der Waals surface area (Å²) in [5, 5.41) is 1.95. The number of rotatable bonds is 6. The Morgan fingerprint density at radius 2 is 1.88 bits per heavy atom. The van der Waals surface area contributed by atoms with Crippen molar-refractivity contribution in [1.82, 2.24) is 4.90 Å². The second-order valence-electron chi connectivity index (χ2n) is 7.13. The molecule has 1 amide bonds. The van der Waals surface area contributed by atoms with Crippen LogP contribution in [0.1, 0.15) is 36.7 Å². The SMILES string of the molecule is Cc1ccc2cc(C=O)c(OCOCN(C)C(=O)OC(C)(C)C)cc2c1. The average molecular weight is 359 g/mol. The maximum absolute atomic E-state index is 11.8. The molecule has 0 radical (unpaired) electrons. The number of ether oxygens (including phenoxy) is 3. The number of carbonyl (C=O) groups is 2. The van der Waals surface area contributed by atoms with Gasteiger partial charge in [-0.3, -0.25) is 9.69 Å². The number of nitrogens with zero attached hydrogens (tertiary/aromatic N) is 1. The van der Waals surface area contributed by atoms with Crippen LogP contribution in [0, 0.1) is 6.92 Å². The summed E-state index contributed by atoms with van der Waals surface area (Å²) in [6.45, 7) is 7.31. The molecule has 2 aromatic carbocycles. The molecule has 0 aliphatic carbocycles. The van der Waals surface area contributed by atoms with Gasteiger partial charge in [-0.05, 0) is 50.6 Å². The summed E-state index contributed by atoms with van der Waals surface area (Å²) in [6.07, 6.45) is 0.272. The van der Waals surface area contributed by atoms with Gasteiger partial charge in [-0.2, -0.15) is 0 Å². The minimum absolute atomic E-state index is 0.0119. The number of amides is 1. The van der Waals surface area contributed by atoms with Crippen LogP contribution >= 0.6 is 0 Å². The largest absolute Gasteiger partial charge is 0.467 e. The summed E-state index contributed by atoms with van der Waals surface area (Å²) in [7, 11) is 1.57. The fourth-order valence-corrected chi connectivity index (χ4v) is 2.30. The minimum atomic E-state index is -0.566. The smallest absolute Gasteiger partial charge is 0.411 e. The highest BCUT2D eigenvalue weighted by Crippen LogP contribution is 2.26. The molecule has 0 bridgehead atoms. The Kier molecular flexibility index (Phi) is 6.21. The Balaban J connectivity index is 1.95. The van der Waals surface area contributed by atoms with Crippen molar-refractivity contribution in [3.05, 3.63) is 41.5 Å². The summed E-state index contributed by atoms with van der Waals surface area (Å²) in [5.74, 6) is 0.443. The van der Waals surface area contributed by atoms with Crippen molar-refractivity contribution in [1.29, 1.82) is 0 Å². The van der Waals surface area contributed by atoms with Crippen LogP contribution < -0.4 is 4.74 Å². The summed E-state index contributed by atoms with van der Waals surface area (Å²) < 4.78 is 16.2. The Morgan fingerprint density at radius 1 is 1.15 bits per heavy atom. The molecule has 2 aromatic rings. The first kappa shape index (κ1) is 19.7. The van der Waals surface area contributed by atoms with Gasteiger partial charge in [0.25, 0.3) is 0 Å².